The van der Waals surface area contributed by atoms with Crippen LogP contribution in [0.1, 0.15) is 43.6 Å². The first-order valence-electron chi connectivity index (χ1n) is 9.14. The van der Waals surface area contributed by atoms with Gasteiger partial charge >= 0.3 is 7.48 Å². The van der Waals surface area contributed by atoms with Crippen molar-refractivity contribution < 1.29 is 14.6 Å². The topological polar surface area (TPSA) is 46.5 Å². The molecule has 4 heteroatoms. The van der Waals surface area contributed by atoms with Gasteiger partial charge in [-0.15, -0.1) is 0 Å². The highest BCUT2D eigenvalue weighted by Crippen LogP contribution is 2.39. The maximum absolute atomic E-state index is 13.3. The smallest absolute Gasteiger partial charge is 0.331 e. The van der Waals surface area contributed by atoms with Crippen LogP contribution in [-0.2, 0) is 4.65 Å². The molecular weight excluding hydrogens is 335 g/mol. The second kappa shape index (κ2) is 6.05. The Balaban J connectivity index is 1.78. The fraction of sp³-hybridized carbons (Fsp3) is 0.261. The lowest BCUT2D eigenvalue weighted by molar-refractivity contribution is -0.0893. The number of rotatable bonds is 4. The minimum Gasteiger partial charge on any atom is -0.427 e. The Morgan fingerprint density at radius 2 is 1.56 bits per heavy atom. The van der Waals surface area contributed by atoms with Crippen LogP contribution in [-0.4, -0.2) is 29.6 Å². The van der Waals surface area contributed by atoms with Crippen molar-refractivity contribution in [3.63, 3.8) is 0 Å². The molecule has 3 nitrogen and oxygen atoms in total. The van der Waals surface area contributed by atoms with E-state index in [-0.39, 0.29) is 5.78 Å². The summed E-state index contributed by atoms with van der Waals surface area (Å²) in [6, 6.07) is 17.8. The molecule has 0 unspecified atom stereocenters. The highest BCUT2D eigenvalue weighted by Gasteiger charge is 2.37. The second-order valence-corrected chi connectivity index (χ2v) is 8.11. The summed E-state index contributed by atoms with van der Waals surface area (Å²) in [5.74, 6) is 0.0216. The molecule has 0 amide bonds. The molecule has 1 aliphatic carbocycles. The van der Waals surface area contributed by atoms with Crippen LogP contribution in [0.15, 0.2) is 54.6 Å². The summed E-state index contributed by atoms with van der Waals surface area (Å²) in [4.78, 5) is 13.3. The summed E-state index contributed by atoms with van der Waals surface area (Å²) in [5, 5.41) is 12.3. The Morgan fingerprint density at radius 1 is 0.852 bits per heavy atom. The van der Waals surface area contributed by atoms with Crippen LogP contribution in [0.5, 0.6) is 0 Å². The number of ketones is 1. The lowest BCUT2D eigenvalue weighted by atomic mass is 9.79. The van der Waals surface area contributed by atoms with E-state index in [1.165, 1.54) is 0 Å². The Bertz CT molecular complexity index is 1060. The molecular formula is C23H22BO3. The molecule has 0 aliphatic heterocycles. The number of carbonyl (C=O) groups excluding carboxylic acids is 1. The maximum atomic E-state index is 13.3. The summed E-state index contributed by atoms with van der Waals surface area (Å²) >= 11 is 0. The maximum Gasteiger partial charge on any atom is 0.331 e. The number of hydrogen-bond donors (Lipinski definition) is 1. The number of fused-ring (bicyclic) bond motifs is 5. The van der Waals surface area contributed by atoms with Crippen molar-refractivity contribution in [3.05, 3.63) is 65.7 Å². The van der Waals surface area contributed by atoms with Crippen LogP contribution in [0.25, 0.3) is 21.9 Å². The van der Waals surface area contributed by atoms with Gasteiger partial charge in [0.15, 0.2) is 5.78 Å². The highest BCUT2D eigenvalue weighted by molar-refractivity contribution is 6.52. The SMILES string of the molecule is CC(C)(O)C(C)(C)O[B]c1cccc2c1C(=O)c1c-2ccc2ccccc12. The molecule has 0 saturated heterocycles. The van der Waals surface area contributed by atoms with E-state index in [1.54, 1.807) is 21.3 Å². The minimum atomic E-state index is -1.02. The van der Waals surface area contributed by atoms with Crippen molar-refractivity contribution in [2.45, 2.75) is 38.9 Å². The van der Waals surface area contributed by atoms with E-state index >= 15 is 0 Å². The third-order valence-electron chi connectivity index (χ3n) is 5.72. The van der Waals surface area contributed by atoms with Crippen molar-refractivity contribution in [3.8, 4) is 11.1 Å². The van der Waals surface area contributed by atoms with E-state index in [1.807, 2.05) is 62.4 Å². The minimum absolute atomic E-state index is 0.0216. The number of benzene rings is 3. The third-order valence-corrected chi connectivity index (χ3v) is 5.72. The highest BCUT2D eigenvalue weighted by atomic mass is 16.5. The molecule has 0 fully saturated rings. The van der Waals surface area contributed by atoms with Gasteiger partial charge in [0.1, 0.15) is 0 Å². The Hall–Kier alpha value is -2.43. The predicted octanol–water partition coefficient (Wildman–Crippen LogP) is 3.86. The van der Waals surface area contributed by atoms with Crippen LogP contribution >= 0.6 is 0 Å². The molecule has 0 heterocycles. The standard InChI is InChI=1S/C23H22BO3/c1-22(2,26)23(3,4)27-24-18-11-7-10-16-17-13-12-14-8-5-6-9-15(14)19(17)21(25)20(16)18/h5-13,26H,1-4H3. The molecule has 4 rings (SSSR count). The summed E-state index contributed by atoms with van der Waals surface area (Å²) in [7, 11) is 1.60. The molecule has 1 aliphatic rings. The zero-order chi connectivity index (χ0) is 19.4. The van der Waals surface area contributed by atoms with Gasteiger partial charge < -0.3 is 9.76 Å². The monoisotopic (exact) mass is 357 g/mol. The summed E-state index contributed by atoms with van der Waals surface area (Å²) in [5.41, 5.74) is 2.22. The number of carbonyl (C=O) groups is 1. The first-order valence-corrected chi connectivity index (χ1v) is 9.14. The van der Waals surface area contributed by atoms with E-state index in [0.717, 1.165) is 32.9 Å². The predicted molar refractivity (Wildman–Crippen MR) is 110 cm³/mol. The quantitative estimate of drug-likeness (QED) is 0.564. The normalized spacial score (nSPS) is 13.6. The molecule has 135 valence electrons. The van der Waals surface area contributed by atoms with E-state index in [4.69, 9.17) is 4.65 Å². The van der Waals surface area contributed by atoms with Gasteiger partial charge in [0.25, 0.3) is 0 Å². The zero-order valence-corrected chi connectivity index (χ0v) is 16.0. The lowest BCUT2D eigenvalue weighted by Gasteiger charge is -2.37. The molecule has 3 aromatic carbocycles. The van der Waals surface area contributed by atoms with Gasteiger partial charge in [-0.05, 0) is 55.1 Å². The van der Waals surface area contributed by atoms with Crippen molar-refractivity contribution in [1.82, 2.24) is 0 Å². The molecule has 1 radical (unpaired) electrons. The van der Waals surface area contributed by atoms with E-state index in [9.17, 15) is 9.90 Å². The van der Waals surface area contributed by atoms with Crippen LogP contribution < -0.4 is 5.46 Å². The average molecular weight is 357 g/mol. The first kappa shape index (κ1) is 18.0. The Kier molecular flexibility index (Phi) is 4.02. The summed E-state index contributed by atoms with van der Waals surface area (Å²) < 4.78 is 5.91. The number of aliphatic hydroxyl groups is 1. The summed E-state index contributed by atoms with van der Waals surface area (Å²) in [6.45, 7) is 7.08. The van der Waals surface area contributed by atoms with Crippen molar-refractivity contribution in [2.75, 3.05) is 0 Å². The molecule has 27 heavy (non-hydrogen) atoms. The Labute approximate surface area is 160 Å². The molecule has 0 bridgehead atoms. The number of hydrogen-bond acceptors (Lipinski definition) is 3. The molecule has 0 atom stereocenters. The van der Waals surface area contributed by atoms with Gasteiger partial charge in [-0.3, -0.25) is 4.79 Å². The van der Waals surface area contributed by atoms with Gasteiger partial charge in [-0.25, -0.2) is 0 Å². The van der Waals surface area contributed by atoms with Gasteiger partial charge in [-0.1, -0.05) is 54.6 Å². The zero-order valence-electron chi connectivity index (χ0n) is 16.0. The molecule has 1 N–H and O–H groups in total. The van der Waals surface area contributed by atoms with E-state index < -0.39 is 11.2 Å². The third kappa shape index (κ3) is 2.80. The molecule has 0 saturated carbocycles. The van der Waals surface area contributed by atoms with E-state index in [2.05, 4.69) is 6.07 Å². The van der Waals surface area contributed by atoms with Crippen molar-refractivity contribution >= 4 is 29.5 Å². The largest absolute Gasteiger partial charge is 0.427 e. The second-order valence-electron chi connectivity index (χ2n) is 8.11. The Morgan fingerprint density at radius 3 is 2.30 bits per heavy atom. The van der Waals surface area contributed by atoms with Gasteiger partial charge in [0.05, 0.1) is 11.2 Å². The van der Waals surface area contributed by atoms with Crippen LogP contribution in [0.3, 0.4) is 0 Å². The van der Waals surface area contributed by atoms with E-state index in [0.29, 0.717) is 5.56 Å². The van der Waals surface area contributed by atoms with Crippen LogP contribution in [0, 0.1) is 0 Å². The average Bonchev–Trinajstić information content (AvgIpc) is 2.93. The van der Waals surface area contributed by atoms with Gasteiger partial charge in [-0.2, -0.15) is 0 Å². The van der Waals surface area contributed by atoms with Gasteiger partial charge in [0.2, 0.25) is 0 Å². The molecule has 0 spiro atoms. The van der Waals surface area contributed by atoms with Gasteiger partial charge in [0, 0.05) is 11.1 Å². The molecule has 0 aromatic heterocycles. The fourth-order valence-electron chi connectivity index (χ4n) is 3.37. The lowest BCUT2D eigenvalue weighted by Crippen LogP contribution is -2.49. The van der Waals surface area contributed by atoms with Crippen LogP contribution in [0.4, 0.5) is 0 Å². The summed E-state index contributed by atoms with van der Waals surface area (Å²) in [6.07, 6.45) is 0. The van der Waals surface area contributed by atoms with Crippen LogP contribution in [0.2, 0.25) is 0 Å². The fourth-order valence-corrected chi connectivity index (χ4v) is 3.37. The first-order chi connectivity index (χ1) is 12.7. The van der Waals surface area contributed by atoms with Crippen molar-refractivity contribution in [2.24, 2.45) is 0 Å². The van der Waals surface area contributed by atoms with Crippen molar-refractivity contribution in [1.29, 1.82) is 0 Å². The molecule has 3 aromatic rings.